The number of carbonyl (C=O) groups is 1. The van der Waals surface area contributed by atoms with Crippen molar-refractivity contribution in [2.24, 2.45) is 0 Å². The highest BCUT2D eigenvalue weighted by molar-refractivity contribution is 7.18. The van der Waals surface area contributed by atoms with Crippen molar-refractivity contribution in [1.82, 2.24) is 15.0 Å². The fourth-order valence-electron chi connectivity index (χ4n) is 3.48. The molecule has 0 bridgehead atoms. The van der Waals surface area contributed by atoms with Crippen LogP contribution in [0.5, 0.6) is 11.6 Å². The summed E-state index contributed by atoms with van der Waals surface area (Å²) in [6.45, 7) is 1.97. The van der Waals surface area contributed by atoms with E-state index in [1.807, 2.05) is 61.5 Å². The lowest BCUT2D eigenvalue weighted by atomic mass is 10.0. The van der Waals surface area contributed by atoms with Gasteiger partial charge in [-0.2, -0.15) is 4.98 Å². The third-order valence-electron chi connectivity index (χ3n) is 4.92. The fraction of sp³-hybridized carbons (Fsp3) is 0.0833. The number of ether oxygens (including phenoxy) is 1. The molecule has 1 amide bonds. The molecule has 0 saturated heterocycles. The van der Waals surface area contributed by atoms with Crippen LogP contribution in [-0.4, -0.2) is 27.9 Å². The van der Waals surface area contributed by atoms with Crippen molar-refractivity contribution in [3.8, 4) is 11.6 Å². The van der Waals surface area contributed by atoms with E-state index in [2.05, 4.69) is 25.6 Å². The smallest absolute Gasteiger partial charge is 0.256 e. The number of carbonyl (C=O) groups excluding carboxylic acids is 1. The minimum absolute atomic E-state index is 0.176. The molecule has 2 aromatic heterocycles. The average molecular weight is 442 g/mol. The lowest BCUT2D eigenvalue weighted by Gasteiger charge is -2.10. The molecule has 0 saturated carbocycles. The number of thiazole rings is 1. The number of nitrogens with one attached hydrogen (secondary N) is 2. The predicted octanol–water partition coefficient (Wildman–Crippen LogP) is 5.63. The molecule has 0 aliphatic rings. The van der Waals surface area contributed by atoms with Gasteiger partial charge in [0.15, 0.2) is 0 Å². The first-order chi connectivity index (χ1) is 15.6. The minimum Gasteiger partial charge on any atom is -0.439 e. The lowest BCUT2D eigenvalue weighted by Crippen LogP contribution is -2.12. The lowest BCUT2D eigenvalue weighted by molar-refractivity contribution is 0.102. The van der Waals surface area contributed by atoms with Gasteiger partial charge >= 0.3 is 0 Å². The molecule has 0 aliphatic carbocycles. The van der Waals surface area contributed by atoms with E-state index in [4.69, 9.17) is 4.74 Å². The quantitative estimate of drug-likeness (QED) is 0.367. The van der Waals surface area contributed by atoms with Gasteiger partial charge in [-0.15, -0.1) is 11.3 Å². The van der Waals surface area contributed by atoms with Crippen molar-refractivity contribution < 1.29 is 9.53 Å². The van der Waals surface area contributed by atoms with Crippen molar-refractivity contribution in [2.75, 3.05) is 17.7 Å². The number of fused-ring (bicyclic) bond motifs is 2. The van der Waals surface area contributed by atoms with E-state index in [9.17, 15) is 4.79 Å². The molecule has 3 aromatic carbocycles. The van der Waals surface area contributed by atoms with Gasteiger partial charge in [0.1, 0.15) is 5.75 Å². The normalized spacial score (nSPS) is 10.9. The van der Waals surface area contributed by atoms with Crippen molar-refractivity contribution >= 4 is 49.9 Å². The Morgan fingerprint density at radius 3 is 2.81 bits per heavy atom. The highest BCUT2D eigenvalue weighted by Crippen LogP contribution is 2.28. The Balaban J connectivity index is 1.41. The summed E-state index contributed by atoms with van der Waals surface area (Å²) >= 11 is 1.63. The van der Waals surface area contributed by atoms with Gasteiger partial charge in [0.2, 0.25) is 11.8 Å². The molecule has 32 heavy (non-hydrogen) atoms. The predicted molar refractivity (Wildman–Crippen MR) is 128 cm³/mol. The average Bonchev–Trinajstić information content (AvgIpc) is 3.18. The molecule has 0 aliphatic heterocycles. The summed E-state index contributed by atoms with van der Waals surface area (Å²) in [6.07, 6.45) is 1.63. The number of amides is 1. The second-order valence-corrected chi connectivity index (χ2v) is 8.36. The minimum atomic E-state index is -0.176. The molecule has 5 rings (SSSR count). The summed E-state index contributed by atoms with van der Waals surface area (Å²) < 4.78 is 6.97. The molecule has 0 fully saturated rings. The number of hydrogen-bond acceptors (Lipinski definition) is 7. The zero-order valence-corrected chi connectivity index (χ0v) is 18.2. The van der Waals surface area contributed by atoms with E-state index >= 15 is 0 Å². The number of rotatable bonds is 5. The molecular weight excluding hydrogens is 422 g/mol. The Labute approximate surface area is 188 Å². The van der Waals surface area contributed by atoms with Crippen LogP contribution in [0.1, 0.15) is 15.4 Å². The summed E-state index contributed by atoms with van der Waals surface area (Å²) in [4.78, 5) is 25.9. The molecule has 0 unspecified atom stereocenters. The van der Waals surface area contributed by atoms with E-state index in [0.29, 0.717) is 28.8 Å². The van der Waals surface area contributed by atoms with Gasteiger partial charge in [-0.25, -0.2) is 9.97 Å². The maximum Gasteiger partial charge on any atom is 0.256 e. The van der Waals surface area contributed by atoms with Crippen LogP contribution in [0.25, 0.3) is 21.0 Å². The summed E-state index contributed by atoms with van der Waals surface area (Å²) in [6, 6.07) is 18.7. The largest absolute Gasteiger partial charge is 0.439 e. The van der Waals surface area contributed by atoms with Crippen molar-refractivity contribution in [3.63, 3.8) is 0 Å². The second kappa shape index (κ2) is 8.24. The van der Waals surface area contributed by atoms with Crippen LogP contribution < -0.4 is 15.4 Å². The number of anilines is 2. The van der Waals surface area contributed by atoms with E-state index in [1.165, 1.54) is 0 Å². The van der Waals surface area contributed by atoms with Crippen LogP contribution in [0.15, 0.2) is 66.9 Å². The van der Waals surface area contributed by atoms with Crippen LogP contribution in [0.4, 0.5) is 11.6 Å². The molecule has 0 spiro atoms. The molecule has 0 radical (unpaired) electrons. The number of nitrogens with zero attached hydrogens (tertiary/aromatic N) is 3. The summed E-state index contributed by atoms with van der Waals surface area (Å²) in [5.41, 5.74) is 2.19. The van der Waals surface area contributed by atoms with Crippen LogP contribution in [-0.2, 0) is 0 Å². The van der Waals surface area contributed by atoms with Crippen molar-refractivity contribution in [2.45, 2.75) is 6.92 Å². The third kappa shape index (κ3) is 3.95. The van der Waals surface area contributed by atoms with Gasteiger partial charge in [0, 0.05) is 30.6 Å². The van der Waals surface area contributed by atoms with Gasteiger partial charge < -0.3 is 15.4 Å². The van der Waals surface area contributed by atoms with Crippen molar-refractivity contribution in [3.05, 3.63) is 77.4 Å². The number of benzene rings is 3. The highest BCUT2D eigenvalue weighted by atomic mass is 32.1. The number of hydrogen-bond donors (Lipinski definition) is 2. The first kappa shape index (κ1) is 19.9. The fourth-order valence-corrected chi connectivity index (χ4v) is 4.29. The standard InChI is InChI=1S/C24H19N5O2S/c1-14-27-20-13-16(6-9-21(20)32-14)28-23(30)19-5-3-4-15-12-17(7-8-18(15)19)31-22-10-11-26-24(25-2)29-22/h3-13H,1-2H3,(H,28,30)(H,25,26,29). The van der Waals surface area contributed by atoms with Gasteiger partial charge in [-0.1, -0.05) is 12.1 Å². The van der Waals surface area contributed by atoms with Crippen LogP contribution in [0, 0.1) is 6.92 Å². The summed E-state index contributed by atoms with van der Waals surface area (Å²) in [7, 11) is 1.75. The summed E-state index contributed by atoms with van der Waals surface area (Å²) in [5.74, 6) is 1.36. The highest BCUT2D eigenvalue weighted by Gasteiger charge is 2.12. The monoisotopic (exact) mass is 441 g/mol. The first-order valence-electron chi connectivity index (χ1n) is 9.99. The Bertz CT molecular complexity index is 1460. The van der Waals surface area contributed by atoms with E-state index in [-0.39, 0.29) is 5.91 Å². The molecule has 158 valence electrons. The summed E-state index contributed by atoms with van der Waals surface area (Å²) in [5, 5.41) is 8.60. The third-order valence-corrected chi connectivity index (χ3v) is 5.88. The number of aryl methyl sites for hydroxylation is 1. The topological polar surface area (TPSA) is 89.0 Å². The van der Waals surface area contributed by atoms with Crippen LogP contribution >= 0.6 is 11.3 Å². The molecule has 8 heteroatoms. The van der Waals surface area contributed by atoms with Crippen LogP contribution in [0.2, 0.25) is 0 Å². The molecule has 0 atom stereocenters. The molecule has 2 heterocycles. The Hall–Kier alpha value is -4.04. The van der Waals surface area contributed by atoms with Crippen molar-refractivity contribution in [1.29, 1.82) is 0 Å². The van der Waals surface area contributed by atoms with Crippen LogP contribution in [0.3, 0.4) is 0 Å². The maximum absolute atomic E-state index is 13.0. The first-order valence-corrected chi connectivity index (χ1v) is 10.8. The molecule has 2 N–H and O–H groups in total. The SMILES string of the molecule is CNc1nccc(Oc2ccc3c(C(=O)Nc4ccc5sc(C)nc5c4)cccc3c2)n1. The molecule has 7 nitrogen and oxygen atoms in total. The molecule has 5 aromatic rings. The van der Waals surface area contributed by atoms with Gasteiger partial charge in [0.25, 0.3) is 5.91 Å². The maximum atomic E-state index is 13.0. The molecular formula is C24H19N5O2S. The zero-order valence-electron chi connectivity index (χ0n) is 17.4. The van der Waals surface area contributed by atoms with Gasteiger partial charge in [0.05, 0.1) is 15.2 Å². The van der Waals surface area contributed by atoms with E-state index < -0.39 is 0 Å². The van der Waals surface area contributed by atoms with Gasteiger partial charge in [-0.3, -0.25) is 4.79 Å². The number of aromatic nitrogens is 3. The Kier molecular flexibility index (Phi) is 5.12. The van der Waals surface area contributed by atoms with Gasteiger partial charge in [-0.05, 0) is 60.2 Å². The second-order valence-electron chi connectivity index (χ2n) is 7.13. The Morgan fingerprint density at radius 1 is 1.03 bits per heavy atom. The zero-order chi connectivity index (χ0) is 22.1. The van der Waals surface area contributed by atoms with E-state index in [1.54, 1.807) is 30.6 Å². The van der Waals surface area contributed by atoms with E-state index in [0.717, 1.165) is 26.0 Å². The Morgan fingerprint density at radius 2 is 1.94 bits per heavy atom.